The molecule has 0 unspecified atom stereocenters. The van der Waals surface area contributed by atoms with Gasteiger partial charge in [-0.1, -0.05) is 48.5 Å². The lowest BCUT2D eigenvalue weighted by atomic mass is 10.1. The Balaban J connectivity index is 1.51. The molecule has 0 bridgehead atoms. The van der Waals surface area contributed by atoms with Crippen molar-refractivity contribution in [2.24, 2.45) is 0 Å². The number of aromatic nitrogens is 1. The average Bonchev–Trinajstić information content (AvgIpc) is 3.42. The van der Waals surface area contributed by atoms with Crippen molar-refractivity contribution in [3.8, 4) is 11.5 Å². The van der Waals surface area contributed by atoms with E-state index in [0.29, 0.717) is 56.3 Å². The molecule has 0 aliphatic rings. The van der Waals surface area contributed by atoms with Crippen LogP contribution in [-0.2, 0) is 22.5 Å². The number of urea groups is 1. The molecule has 3 amide bonds. The number of H-pyrrole nitrogens is 1. The van der Waals surface area contributed by atoms with E-state index in [9.17, 15) is 9.59 Å². The second kappa shape index (κ2) is 14.8. The molecule has 4 aromatic rings. The summed E-state index contributed by atoms with van der Waals surface area (Å²) in [5, 5.41) is 4.05. The Morgan fingerprint density at radius 1 is 0.878 bits per heavy atom. The first-order valence-corrected chi connectivity index (χ1v) is 13.7. The maximum Gasteiger partial charge on any atom is 0.322 e. The predicted molar refractivity (Wildman–Crippen MR) is 160 cm³/mol. The molecule has 0 radical (unpaired) electrons. The highest BCUT2D eigenvalue weighted by molar-refractivity contribution is 5.93. The number of hydrogen-bond donors (Lipinski definition) is 2. The number of carbonyl (C=O) groups excluding carboxylic acids is 2. The van der Waals surface area contributed by atoms with Gasteiger partial charge in [0.15, 0.2) is 0 Å². The second-order valence-corrected chi connectivity index (χ2v) is 9.67. The van der Waals surface area contributed by atoms with Crippen LogP contribution < -0.4 is 14.8 Å². The van der Waals surface area contributed by atoms with Crippen molar-refractivity contribution in [2.45, 2.75) is 19.4 Å². The molecule has 0 fully saturated rings. The number of carbonyl (C=O) groups is 2. The number of ether oxygens (including phenoxy) is 3. The molecule has 0 aliphatic heterocycles. The van der Waals surface area contributed by atoms with Gasteiger partial charge in [-0.05, 0) is 42.2 Å². The van der Waals surface area contributed by atoms with Crippen LogP contribution in [0.25, 0.3) is 10.9 Å². The minimum absolute atomic E-state index is 0.0747. The summed E-state index contributed by atoms with van der Waals surface area (Å²) >= 11 is 0. The first-order valence-electron chi connectivity index (χ1n) is 13.7. The smallest absolute Gasteiger partial charge is 0.322 e. The maximum atomic E-state index is 13.8. The molecule has 0 atom stereocenters. The van der Waals surface area contributed by atoms with Gasteiger partial charge in [0.2, 0.25) is 5.91 Å². The van der Waals surface area contributed by atoms with Gasteiger partial charge in [0.25, 0.3) is 0 Å². The van der Waals surface area contributed by atoms with Gasteiger partial charge in [-0.3, -0.25) is 4.79 Å². The van der Waals surface area contributed by atoms with Crippen molar-refractivity contribution in [1.82, 2.24) is 14.8 Å². The number of para-hydroxylation sites is 1. The minimum atomic E-state index is -0.394. The maximum absolute atomic E-state index is 13.8. The van der Waals surface area contributed by atoms with Gasteiger partial charge < -0.3 is 34.3 Å². The lowest BCUT2D eigenvalue weighted by Crippen LogP contribution is -2.45. The van der Waals surface area contributed by atoms with Crippen LogP contribution in [0.15, 0.2) is 79.0 Å². The Morgan fingerprint density at radius 2 is 1.66 bits per heavy atom. The number of methoxy groups -OCH3 is 3. The van der Waals surface area contributed by atoms with Gasteiger partial charge in [0, 0.05) is 56.5 Å². The summed E-state index contributed by atoms with van der Waals surface area (Å²) in [6, 6.07) is 22.8. The fourth-order valence-corrected chi connectivity index (χ4v) is 4.70. The van der Waals surface area contributed by atoms with Gasteiger partial charge in [0.1, 0.15) is 18.0 Å². The SMILES string of the molecule is COCCCN(CC(=O)N(CCc1c[nH]c2ccccc12)Cc1ccccc1)C(=O)Nc1ccc(OC)cc1OC. The third-order valence-corrected chi connectivity index (χ3v) is 6.94. The highest BCUT2D eigenvalue weighted by atomic mass is 16.5. The molecule has 4 rings (SSSR count). The molecule has 0 aliphatic carbocycles. The van der Waals surface area contributed by atoms with E-state index in [0.717, 1.165) is 22.0 Å². The van der Waals surface area contributed by atoms with Gasteiger partial charge in [-0.2, -0.15) is 0 Å². The molecule has 0 saturated heterocycles. The molecule has 9 nitrogen and oxygen atoms in total. The number of nitrogens with zero attached hydrogens (tertiary/aromatic N) is 2. The van der Waals surface area contributed by atoms with E-state index >= 15 is 0 Å². The second-order valence-electron chi connectivity index (χ2n) is 9.67. The Kier molecular flexibility index (Phi) is 10.6. The van der Waals surface area contributed by atoms with E-state index in [-0.39, 0.29) is 12.5 Å². The number of amides is 3. The molecule has 0 spiro atoms. The largest absolute Gasteiger partial charge is 0.497 e. The predicted octanol–water partition coefficient (Wildman–Crippen LogP) is 5.33. The van der Waals surface area contributed by atoms with Crippen LogP contribution in [0.4, 0.5) is 10.5 Å². The number of nitrogens with one attached hydrogen (secondary N) is 2. The van der Waals surface area contributed by atoms with Crippen molar-refractivity contribution in [1.29, 1.82) is 0 Å². The number of hydrogen-bond acceptors (Lipinski definition) is 5. The molecule has 1 aromatic heterocycles. The van der Waals surface area contributed by atoms with Crippen LogP contribution in [0, 0.1) is 0 Å². The zero-order chi connectivity index (χ0) is 29.0. The Morgan fingerprint density at radius 3 is 2.41 bits per heavy atom. The summed E-state index contributed by atoms with van der Waals surface area (Å²) < 4.78 is 15.9. The number of fused-ring (bicyclic) bond motifs is 1. The van der Waals surface area contributed by atoms with Crippen LogP contribution in [0.3, 0.4) is 0 Å². The first kappa shape index (κ1) is 29.5. The normalized spacial score (nSPS) is 10.8. The number of anilines is 1. The molecular formula is C32H38N4O5. The Labute approximate surface area is 241 Å². The fraction of sp³-hybridized carbons (Fsp3) is 0.312. The van der Waals surface area contributed by atoms with Crippen molar-refractivity contribution >= 4 is 28.5 Å². The van der Waals surface area contributed by atoms with Gasteiger partial charge >= 0.3 is 6.03 Å². The monoisotopic (exact) mass is 558 g/mol. The summed E-state index contributed by atoms with van der Waals surface area (Å²) in [7, 11) is 4.71. The number of benzene rings is 3. The first-order chi connectivity index (χ1) is 20.0. The molecule has 1 heterocycles. The Hall–Kier alpha value is -4.50. The van der Waals surface area contributed by atoms with Gasteiger partial charge in [-0.15, -0.1) is 0 Å². The average molecular weight is 559 g/mol. The molecule has 9 heteroatoms. The summed E-state index contributed by atoms with van der Waals surface area (Å²) in [4.78, 5) is 33.9. The van der Waals surface area contributed by atoms with Crippen molar-refractivity contribution < 1.29 is 23.8 Å². The third-order valence-electron chi connectivity index (χ3n) is 6.94. The van der Waals surface area contributed by atoms with E-state index in [4.69, 9.17) is 14.2 Å². The van der Waals surface area contributed by atoms with Crippen molar-refractivity contribution in [2.75, 3.05) is 52.9 Å². The minimum Gasteiger partial charge on any atom is -0.497 e. The Bertz CT molecular complexity index is 1420. The summed E-state index contributed by atoms with van der Waals surface area (Å²) in [6.07, 6.45) is 3.27. The van der Waals surface area contributed by atoms with Crippen LogP contribution >= 0.6 is 0 Å². The van der Waals surface area contributed by atoms with E-state index in [1.54, 1.807) is 32.4 Å². The topological polar surface area (TPSA) is 96.1 Å². The van der Waals surface area contributed by atoms with E-state index in [1.807, 2.05) is 59.6 Å². The molecule has 3 aromatic carbocycles. The van der Waals surface area contributed by atoms with Crippen LogP contribution in [0.2, 0.25) is 0 Å². The standard InChI is InChI=1S/C32H38N4O5/c1-39-19-9-17-36(32(38)34-29-15-14-26(40-2)20-30(29)41-3)23-31(37)35(22-24-10-5-4-6-11-24)18-16-25-21-33-28-13-8-7-12-27(25)28/h4-8,10-15,20-21,33H,9,16-19,22-23H2,1-3H3,(H,34,38). The number of rotatable bonds is 14. The van der Waals surface area contributed by atoms with Gasteiger partial charge in [-0.25, -0.2) is 4.79 Å². The lowest BCUT2D eigenvalue weighted by molar-refractivity contribution is -0.132. The lowest BCUT2D eigenvalue weighted by Gasteiger charge is -2.28. The highest BCUT2D eigenvalue weighted by Gasteiger charge is 2.23. The van der Waals surface area contributed by atoms with E-state index in [2.05, 4.69) is 16.4 Å². The molecular weight excluding hydrogens is 520 g/mol. The van der Waals surface area contributed by atoms with E-state index in [1.165, 1.54) is 12.0 Å². The summed E-state index contributed by atoms with van der Waals surface area (Å²) in [6.45, 7) is 1.70. The molecule has 216 valence electrons. The number of aromatic amines is 1. The van der Waals surface area contributed by atoms with Crippen LogP contribution in [-0.4, -0.2) is 74.3 Å². The van der Waals surface area contributed by atoms with E-state index < -0.39 is 6.03 Å². The fourth-order valence-electron chi connectivity index (χ4n) is 4.70. The molecule has 2 N–H and O–H groups in total. The molecule has 0 saturated carbocycles. The highest BCUT2D eigenvalue weighted by Crippen LogP contribution is 2.29. The van der Waals surface area contributed by atoms with Crippen LogP contribution in [0.1, 0.15) is 17.5 Å². The third kappa shape index (κ3) is 8.02. The summed E-state index contributed by atoms with van der Waals surface area (Å²) in [5.74, 6) is 0.937. The summed E-state index contributed by atoms with van der Waals surface area (Å²) in [5.41, 5.74) is 3.73. The van der Waals surface area contributed by atoms with Crippen molar-refractivity contribution in [3.05, 3.63) is 90.1 Å². The van der Waals surface area contributed by atoms with Crippen molar-refractivity contribution in [3.63, 3.8) is 0 Å². The zero-order valence-electron chi connectivity index (χ0n) is 23.9. The van der Waals surface area contributed by atoms with Gasteiger partial charge in [0.05, 0.1) is 19.9 Å². The quantitative estimate of drug-likeness (QED) is 0.204. The van der Waals surface area contributed by atoms with Crippen LogP contribution in [0.5, 0.6) is 11.5 Å². The zero-order valence-corrected chi connectivity index (χ0v) is 23.9. The molecule has 41 heavy (non-hydrogen) atoms.